The lowest BCUT2D eigenvalue weighted by Gasteiger charge is -2.13. The maximum absolute atomic E-state index is 12.2. The third kappa shape index (κ3) is 3.04. The van der Waals surface area contributed by atoms with E-state index in [1.54, 1.807) is 35.2 Å². The normalized spacial score (nSPS) is 16.3. The van der Waals surface area contributed by atoms with Crippen molar-refractivity contribution in [2.24, 2.45) is 0 Å². The van der Waals surface area contributed by atoms with Crippen LogP contribution in [-0.2, 0) is 11.2 Å². The molecule has 1 aliphatic rings. The highest BCUT2D eigenvalue weighted by Gasteiger charge is 2.27. The fraction of sp³-hybridized carbons (Fsp3) is 0.333. The van der Waals surface area contributed by atoms with Gasteiger partial charge in [-0.05, 0) is 18.6 Å². The first-order valence-electron chi connectivity index (χ1n) is 7.12. The Bertz CT molecular complexity index is 745. The average Bonchev–Trinajstić information content (AvgIpc) is 2.91. The van der Waals surface area contributed by atoms with E-state index in [1.165, 1.54) is 11.8 Å². The van der Waals surface area contributed by atoms with Crippen molar-refractivity contribution in [3.63, 3.8) is 0 Å². The summed E-state index contributed by atoms with van der Waals surface area (Å²) >= 11 is 1.53. The average molecular weight is 316 g/mol. The summed E-state index contributed by atoms with van der Waals surface area (Å²) in [6.07, 6.45) is 4.23. The van der Waals surface area contributed by atoms with Crippen molar-refractivity contribution in [1.29, 1.82) is 0 Å². The van der Waals surface area contributed by atoms with Gasteiger partial charge in [0.2, 0.25) is 5.91 Å². The minimum absolute atomic E-state index is 0.0778. The highest BCUT2D eigenvalue weighted by Crippen LogP contribution is 2.32. The lowest BCUT2D eigenvalue weighted by Crippen LogP contribution is -2.27. The van der Waals surface area contributed by atoms with E-state index in [0.29, 0.717) is 16.6 Å². The predicted octanol–water partition coefficient (Wildman–Crippen LogP) is 1.88. The van der Waals surface area contributed by atoms with Crippen molar-refractivity contribution in [3.8, 4) is 0 Å². The predicted molar refractivity (Wildman–Crippen MR) is 85.1 cm³/mol. The Morgan fingerprint density at radius 2 is 2.41 bits per heavy atom. The van der Waals surface area contributed by atoms with Gasteiger partial charge in [-0.15, -0.1) is 0 Å². The van der Waals surface area contributed by atoms with Gasteiger partial charge >= 0.3 is 0 Å². The van der Waals surface area contributed by atoms with Crippen LogP contribution < -0.4 is 10.9 Å². The molecule has 3 rings (SSSR count). The molecule has 0 saturated heterocycles. The number of nitrogens with zero attached hydrogens (tertiary/aromatic N) is 3. The molecule has 3 heterocycles. The maximum atomic E-state index is 12.2. The molecule has 2 aromatic heterocycles. The minimum Gasteiger partial charge on any atom is -0.325 e. The fourth-order valence-electron chi connectivity index (χ4n) is 2.39. The minimum atomic E-state index is -0.150. The number of anilines is 1. The second kappa shape index (κ2) is 6.31. The smallest absolute Gasteiger partial charge is 0.254 e. The molecule has 0 fully saturated rings. The molecular formula is C15H16N4O2S. The van der Waals surface area contributed by atoms with Crippen LogP contribution in [-0.4, -0.2) is 26.2 Å². The van der Waals surface area contributed by atoms with Gasteiger partial charge in [0.25, 0.3) is 5.56 Å². The monoisotopic (exact) mass is 316 g/mol. The summed E-state index contributed by atoms with van der Waals surface area (Å²) in [5, 5.41) is 3.51. The van der Waals surface area contributed by atoms with Crippen LogP contribution in [0.4, 0.5) is 5.69 Å². The van der Waals surface area contributed by atoms with Crippen LogP contribution in [0.2, 0.25) is 0 Å². The van der Waals surface area contributed by atoms with Crippen LogP contribution in [0.15, 0.2) is 40.5 Å². The number of hydrogen-bond donors (Lipinski definition) is 1. The molecule has 1 amide bonds. The van der Waals surface area contributed by atoms with E-state index in [0.717, 1.165) is 12.1 Å². The van der Waals surface area contributed by atoms with E-state index in [-0.39, 0.29) is 23.9 Å². The zero-order valence-corrected chi connectivity index (χ0v) is 13.0. The van der Waals surface area contributed by atoms with Crippen LogP contribution in [0, 0.1) is 0 Å². The van der Waals surface area contributed by atoms with Gasteiger partial charge in [0.15, 0.2) is 5.16 Å². The van der Waals surface area contributed by atoms with Crippen molar-refractivity contribution in [3.05, 3.63) is 46.6 Å². The van der Waals surface area contributed by atoms with Gasteiger partial charge in [-0.3, -0.25) is 19.1 Å². The van der Waals surface area contributed by atoms with Crippen LogP contribution in [0.1, 0.15) is 25.1 Å². The molecule has 0 saturated carbocycles. The van der Waals surface area contributed by atoms with Crippen molar-refractivity contribution in [2.75, 3.05) is 11.1 Å². The van der Waals surface area contributed by atoms with Gasteiger partial charge in [0, 0.05) is 30.1 Å². The van der Waals surface area contributed by atoms with Crippen molar-refractivity contribution < 1.29 is 4.79 Å². The fourth-order valence-corrected chi connectivity index (χ4v) is 3.56. The number of fused-ring (bicyclic) bond motifs is 1. The Morgan fingerprint density at radius 1 is 1.55 bits per heavy atom. The number of amides is 1. The van der Waals surface area contributed by atoms with Crippen LogP contribution in [0.3, 0.4) is 0 Å². The van der Waals surface area contributed by atoms with E-state index in [9.17, 15) is 9.59 Å². The number of carbonyl (C=O) groups is 1. The zero-order valence-electron chi connectivity index (χ0n) is 12.2. The number of thioether (sulfide) groups is 1. The Kier molecular flexibility index (Phi) is 4.24. The van der Waals surface area contributed by atoms with E-state index < -0.39 is 0 Å². The molecule has 114 valence electrons. The van der Waals surface area contributed by atoms with Crippen LogP contribution in [0.25, 0.3) is 0 Å². The molecule has 1 aliphatic heterocycles. The molecule has 0 aromatic carbocycles. The molecule has 0 bridgehead atoms. The Labute approximate surface area is 132 Å². The van der Waals surface area contributed by atoms with Gasteiger partial charge < -0.3 is 5.32 Å². The number of carbonyl (C=O) groups excluding carboxylic acids is 1. The third-order valence-electron chi connectivity index (χ3n) is 3.47. The number of aromatic nitrogens is 3. The number of pyridine rings is 1. The second-order valence-corrected chi connectivity index (χ2v) is 6.04. The van der Waals surface area contributed by atoms with E-state index >= 15 is 0 Å². The maximum Gasteiger partial charge on any atom is 0.254 e. The molecule has 2 aromatic rings. The van der Waals surface area contributed by atoms with Gasteiger partial charge in [-0.25, -0.2) is 4.98 Å². The summed E-state index contributed by atoms with van der Waals surface area (Å²) < 4.78 is 1.63. The molecule has 6 nitrogen and oxygen atoms in total. The van der Waals surface area contributed by atoms with Gasteiger partial charge in [0.1, 0.15) is 0 Å². The van der Waals surface area contributed by atoms with Gasteiger partial charge in [-0.1, -0.05) is 18.7 Å². The second-order valence-electron chi connectivity index (χ2n) is 5.05. The third-order valence-corrected chi connectivity index (χ3v) is 4.57. The Hall–Kier alpha value is -2.15. The number of aryl methyl sites for hydroxylation is 1. The Morgan fingerprint density at radius 3 is 3.14 bits per heavy atom. The Balaban J connectivity index is 1.74. The molecule has 7 heteroatoms. The summed E-state index contributed by atoms with van der Waals surface area (Å²) in [6.45, 7) is 1.97. The number of nitrogens with one attached hydrogen (secondary N) is 1. The van der Waals surface area contributed by atoms with Crippen molar-refractivity contribution >= 4 is 23.4 Å². The molecule has 1 atom stereocenters. The topological polar surface area (TPSA) is 76.9 Å². The first-order valence-corrected chi connectivity index (χ1v) is 8.11. The number of rotatable bonds is 4. The summed E-state index contributed by atoms with van der Waals surface area (Å²) in [4.78, 5) is 32.8. The first-order chi connectivity index (χ1) is 10.7. The SMILES string of the molecule is CCc1cc(=O)n2c(n1)SCC2CC(=O)Nc1cccnc1. The highest BCUT2D eigenvalue weighted by molar-refractivity contribution is 7.99. The highest BCUT2D eigenvalue weighted by atomic mass is 32.2. The zero-order chi connectivity index (χ0) is 15.5. The van der Waals surface area contributed by atoms with Gasteiger partial charge in [-0.2, -0.15) is 0 Å². The summed E-state index contributed by atoms with van der Waals surface area (Å²) in [5.41, 5.74) is 1.38. The molecule has 0 spiro atoms. The van der Waals surface area contributed by atoms with Crippen LogP contribution >= 0.6 is 11.8 Å². The molecule has 22 heavy (non-hydrogen) atoms. The molecule has 1 unspecified atom stereocenters. The lowest BCUT2D eigenvalue weighted by atomic mass is 10.2. The molecule has 0 radical (unpaired) electrons. The van der Waals surface area contributed by atoms with E-state index in [2.05, 4.69) is 15.3 Å². The summed E-state index contributed by atoms with van der Waals surface area (Å²) in [5.74, 6) is 0.563. The van der Waals surface area contributed by atoms with E-state index in [4.69, 9.17) is 0 Å². The largest absolute Gasteiger partial charge is 0.325 e. The standard InChI is InChI=1S/C15H16N4O2S/c1-2-10-6-14(21)19-12(9-22-15(19)18-10)7-13(20)17-11-4-3-5-16-8-11/h3-6,8,12H,2,7,9H2,1H3,(H,17,20). The molecule has 1 N–H and O–H groups in total. The molecule has 0 aliphatic carbocycles. The van der Waals surface area contributed by atoms with Gasteiger partial charge in [0.05, 0.1) is 17.9 Å². The first kappa shape index (κ1) is 14.8. The van der Waals surface area contributed by atoms with Crippen molar-refractivity contribution in [2.45, 2.75) is 31.0 Å². The lowest BCUT2D eigenvalue weighted by molar-refractivity contribution is -0.116. The van der Waals surface area contributed by atoms with Crippen LogP contribution in [0.5, 0.6) is 0 Å². The summed E-state index contributed by atoms with van der Waals surface area (Å²) in [7, 11) is 0. The quantitative estimate of drug-likeness (QED) is 0.872. The van der Waals surface area contributed by atoms with E-state index in [1.807, 2.05) is 6.92 Å². The summed E-state index contributed by atoms with van der Waals surface area (Å²) in [6, 6.07) is 4.95. The molecular weight excluding hydrogens is 300 g/mol. The number of hydrogen-bond acceptors (Lipinski definition) is 5. The van der Waals surface area contributed by atoms with Crippen molar-refractivity contribution in [1.82, 2.24) is 14.5 Å².